The topological polar surface area (TPSA) is 153 Å². The smallest absolute Gasteiger partial charge is 0.306 e. The van der Waals surface area contributed by atoms with Gasteiger partial charge in [-0.05, 0) is 18.4 Å². The lowest BCUT2D eigenvalue weighted by atomic mass is 9.96. The Balaban J connectivity index is 2.01. The predicted molar refractivity (Wildman–Crippen MR) is 130 cm³/mol. The zero-order chi connectivity index (χ0) is 28.1. The molecule has 5 atom stereocenters. The van der Waals surface area contributed by atoms with Gasteiger partial charge in [-0.1, -0.05) is 30.3 Å². The Morgan fingerprint density at radius 2 is 1.50 bits per heavy atom. The van der Waals surface area contributed by atoms with Crippen molar-refractivity contribution in [2.45, 2.75) is 84.2 Å². The van der Waals surface area contributed by atoms with Gasteiger partial charge < -0.3 is 33.7 Å². The third-order valence-corrected chi connectivity index (χ3v) is 5.37. The highest BCUT2D eigenvalue weighted by molar-refractivity contribution is 5.73. The molecule has 1 saturated heterocycles. The highest BCUT2D eigenvalue weighted by Gasteiger charge is 2.51. The molecule has 210 valence electrons. The monoisotopic (exact) mass is 537 g/mol. The van der Waals surface area contributed by atoms with Crippen LogP contribution in [0.25, 0.3) is 0 Å². The highest BCUT2D eigenvalue weighted by atomic mass is 16.7. The van der Waals surface area contributed by atoms with Crippen LogP contribution in [0.2, 0.25) is 0 Å². The quantitative estimate of drug-likeness (QED) is 0.222. The largest absolute Gasteiger partial charge is 0.463 e. The van der Waals surface area contributed by atoms with Crippen LogP contribution in [0.5, 0.6) is 0 Å². The first kappa shape index (κ1) is 30.7. The molecule has 1 aromatic rings. The molecule has 1 fully saturated rings. The fourth-order valence-electron chi connectivity index (χ4n) is 3.81. The van der Waals surface area contributed by atoms with Crippen LogP contribution in [-0.2, 0) is 59.0 Å². The minimum absolute atomic E-state index is 0.123. The van der Waals surface area contributed by atoms with Crippen LogP contribution in [0.15, 0.2) is 30.3 Å². The second-order valence-electron chi connectivity index (χ2n) is 8.69. The molecule has 38 heavy (non-hydrogen) atoms. The molecule has 12 nitrogen and oxygen atoms in total. The SMILES string of the molecule is CC(=O)N[C@H]1C(OC(C)=O)[C@@H](OC(C)=O)C(COC(C)=O)O[C@H]1OCCCCC(=O)OCc1ccccc1. The van der Waals surface area contributed by atoms with Crippen LogP contribution >= 0.6 is 0 Å². The van der Waals surface area contributed by atoms with Gasteiger partial charge in [-0.3, -0.25) is 24.0 Å². The van der Waals surface area contributed by atoms with Gasteiger partial charge in [-0.15, -0.1) is 0 Å². The molecule has 0 aliphatic carbocycles. The van der Waals surface area contributed by atoms with Crippen LogP contribution in [-0.4, -0.2) is 73.6 Å². The normalized spacial score (nSPS) is 22.6. The summed E-state index contributed by atoms with van der Waals surface area (Å²) in [7, 11) is 0. The number of ether oxygens (including phenoxy) is 6. The minimum Gasteiger partial charge on any atom is -0.463 e. The summed E-state index contributed by atoms with van der Waals surface area (Å²) >= 11 is 0. The van der Waals surface area contributed by atoms with E-state index in [1.165, 1.54) is 20.8 Å². The standard InChI is InChI=1S/C26H35NO11/c1-16(28)27-23-25(37-19(4)31)24(36-18(3)30)21(15-34-17(2)29)38-26(23)33-13-9-8-12-22(32)35-14-20-10-6-5-7-11-20/h5-7,10-11,21,23-26H,8-9,12-15H2,1-4H3,(H,27,28)/t21?,23-,24-,25?,26+/m0/s1. The maximum absolute atomic E-state index is 12.0. The summed E-state index contributed by atoms with van der Waals surface area (Å²) in [5.41, 5.74) is 0.889. The maximum atomic E-state index is 12.0. The van der Waals surface area contributed by atoms with Crippen molar-refractivity contribution < 1.29 is 52.4 Å². The van der Waals surface area contributed by atoms with Gasteiger partial charge >= 0.3 is 23.9 Å². The predicted octanol–water partition coefficient (Wildman–Crippen LogP) is 1.57. The van der Waals surface area contributed by atoms with E-state index in [0.29, 0.717) is 12.8 Å². The van der Waals surface area contributed by atoms with Crippen molar-refractivity contribution in [1.82, 2.24) is 5.32 Å². The number of unbranched alkanes of at least 4 members (excludes halogenated alkanes) is 1. The average Bonchev–Trinajstić information content (AvgIpc) is 2.84. The number of hydrogen-bond donors (Lipinski definition) is 1. The van der Waals surface area contributed by atoms with E-state index in [2.05, 4.69) is 5.32 Å². The van der Waals surface area contributed by atoms with Crippen molar-refractivity contribution in [3.05, 3.63) is 35.9 Å². The van der Waals surface area contributed by atoms with E-state index in [4.69, 9.17) is 28.4 Å². The van der Waals surface area contributed by atoms with E-state index in [1.807, 2.05) is 30.3 Å². The number of amides is 1. The molecule has 12 heteroatoms. The summed E-state index contributed by atoms with van der Waals surface area (Å²) in [6.45, 7) is 4.78. The van der Waals surface area contributed by atoms with Crippen LogP contribution in [0.4, 0.5) is 0 Å². The van der Waals surface area contributed by atoms with Gasteiger partial charge in [-0.25, -0.2) is 0 Å². The van der Waals surface area contributed by atoms with Crippen molar-refractivity contribution in [3.8, 4) is 0 Å². The summed E-state index contributed by atoms with van der Waals surface area (Å²) < 4.78 is 32.8. The molecule has 2 rings (SSSR count). The Bertz CT molecular complexity index is 952. The van der Waals surface area contributed by atoms with E-state index in [0.717, 1.165) is 12.5 Å². The van der Waals surface area contributed by atoms with Crippen LogP contribution in [0, 0.1) is 0 Å². The Morgan fingerprint density at radius 1 is 0.842 bits per heavy atom. The third kappa shape index (κ3) is 10.9. The van der Waals surface area contributed by atoms with E-state index < -0.39 is 54.5 Å². The van der Waals surface area contributed by atoms with E-state index in [1.54, 1.807) is 0 Å². The minimum atomic E-state index is -1.19. The maximum Gasteiger partial charge on any atom is 0.306 e. The number of carbonyl (C=O) groups is 5. The number of hydrogen-bond acceptors (Lipinski definition) is 11. The van der Waals surface area contributed by atoms with E-state index >= 15 is 0 Å². The summed E-state index contributed by atoms with van der Waals surface area (Å²) in [5.74, 6) is -2.79. The Morgan fingerprint density at radius 3 is 2.11 bits per heavy atom. The number of benzene rings is 1. The summed E-state index contributed by atoms with van der Waals surface area (Å²) in [6.07, 6.45) is -3.47. The molecule has 1 aliphatic rings. The van der Waals surface area contributed by atoms with Crippen LogP contribution in [0.3, 0.4) is 0 Å². The van der Waals surface area contributed by atoms with Gasteiger partial charge in [0.15, 0.2) is 18.5 Å². The lowest BCUT2D eigenvalue weighted by Crippen LogP contribution is -2.66. The van der Waals surface area contributed by atoms with E-state index in [9.17, 15) is 24.0 Å². The molecular formula is C26H35NO11. The zero-order valence-electron chi connectivity index (χ0n) is 22.0. The molecule has 1 aromatic carbocycles. The van der Waals surface area contributed by atoms with Crippen molar-refractivity contribution in [2.24, 2.45) is 0 Å². The number of carbonyl (C=O) groups excluding carboxylic acids is 5. The van der Waals surface area contributed by atoms with Crippen molar-refractivity contribution >= 4 is 29.8 Å². The molecule has 2 unspecified atom stereocenters. The highest BCUT2D eigenvalue weighted by Crippen LogP contribution is 2.28. The van der Waals surface area contributed by atoms with Crippen molar-refractivity contribution in [1.29, 1.82) is 0 Å². The molecule has 0 bridgehead atoms. The first-order chi connectivity index (χ1) is 18.1. The molecule has 0 radical (unpaired) electrons. The second kappa shape index (κ2) is 15.7. The van der Waals surface area contributed by atoms with Gasteiger partial charge in [-0.2, -0.15) is 0 Å². The molecule has 1 aliphatic heterocycles. The average molecular weight is 538 g/mol. The number of esters is 4. The van der Waals surface area contributed by atoms with Gasteiger partial charge in [0.05, 0.1) is 0 Å². The lowest BCUT2D eigenvalue weighted by molar-refractivity contribution is -0.277. The summed E-state index contributed by atoms with van der Waals surface area (Å²) in [5, 5.41) is 2.63. The van der Waals surface area contributed by atoms with Crippen LogP contribution < -0.4 is 5.32 Å². The second-order valence-corrected chi connectivity index (χ2v) is 8.69. The zero-order valence-corrected chi connectivity index (χ0v) is 22.0. The molecule has 0 aromatic heterocycles. The molecular weight excluding hydrogens is 502 g/mol. The molecule has 0 saturated carbocycles. The van der Waals surface area contributed by atoms with Crippen molar-refractivity contribution in [3.63, 3.8) is 0 Å². The van der Waals surface area contributed by atoms with Gasteiger partial charge in [0, 0.05) is 40.7 Å². The van der Waals surface area contributed by atoms with E-state index in [-0.39, 0.29) is 32.2 Å². The van der Waals surface area contributed by atoms with Crippen LogP contribution in [0.1, 0.15) is 52.5 Å². The number of nitrogens with one attached hydrogen (secondary N) is 1. The fraction of sp³-hybridized carbons (Fsp3) is 0.577. The Kier molecular flexibility index (Phi) is 12.7. The molecule has 1 heterocycles. The molecule has 1 N–H and O–H groups in total. The third-order valence-electron chi connectivity index (χ3n) is 5.37. The van der Waals surface area contributed by atoms with Crippen molar-refractivity contribution in [2.75, 3.05) is 13.2 Å². The first-order valence-electron chi connectivity index (χ1n) is 12.3. The molecule has 1 amide bonds. The van der Waals surface area contributed by atoms with Gasteiger partial charge in [0.1, 0.15) is 25.4 Å². The van der Waals surface area contributed by atoms with Gasteiger partial charge in [0.25, 0.3) is 0 Å². The first-order valence-corrected chi connectivity index (χ1v) is 12.3. The van der Waals surface area contributed by atoms with Gasteiger partial charge in [0.2, 0.25) is 5.91 Å². The summed E-state index contributed by atoms with van der Waals surface area (Å²) in [6, 6.07) is 8.28. The molecule has 0 spiro atoms. The summed E-state index contributed by atoms with van der Waals surface area (Å²) in [4.78, 5) is 59.0. The Labute approximate surface area is 221 Å². The lowest BCUT2D eigenvalue weighted by Gasteiger charge is -2.44. The fourth-order valence-corrected chi connectivity index (χ4v) is 3.81. The number of rotatable bonds is 13. The Hall–Kier alpha value is -3.51.